The number of aromatic amines is 1. The molecule has 2 N–H and O–H groups in total. The number of nitrogens with one attached hydrogen (secondary N) is 2. The lowest BCUT2D eigenvalue weighted by Crippen LogP contribution is -2.28. The molecule has 0 bridgehead atoms. The maximum absolute atomic E-state index is 13.2. The first-order valence-corrected chi connectivity index (χ1v) is 6.45. The van der Waals surface area contributed by atoms with Crippen molar-refractivity contribution < 1.29 is 8.78 Å². The number of aromatic nitrogens is 2. The molecule has 1 atom stereocenters. The summed E-state index contributed by atoms with van der Waals surface area (Å²) in [5.74, 6) is -1.27. The Morgan fingerprint density at radius 3 is 2.79 bits per heavy atom. The van der Waals surface area contributed by atoms with E-state index in [-0.39, 0.29) is 0 Å². The summed E-state index contributed by atoms with van der Waals surface area (Å²) in [6.07, 6.45) is 2.26. The molecule has 0 aliphatic carbocycles. The molecule has 1 saturated heterocycles. The predicted octanol–water partition coefficient (Wildman–Crippen LogP) is 2.82. The minimum absolute atomic E-state index is 0.417. The smallest absolute Gasteiger partial charge is 0.159 e. The van der Waals surface area contributed by atoms with Crippen LogP contribution in [-0.2, 0) is 0 Å². The van der Waals surface area contributed by atoms with Gasteiger partial charge < -0.3 is 5.32 Å². The Bertz CT molecular complexity index is 574. The van der Waals surface area contributed by atoms with Crippen molar-refractivity contribution in [3.05, 3.63) is 41.6 Å². The molecule has 2 aromatic rings. The number of benzene rings is 1. The van der Waals surface area contributed by atoms with Gasteiger partial charge in [-0.05, 0) is 43.7 Å². The summed E-state index contributed by atoms with van der Waals surface area (Å²) in [4.78, 5) is 0. The monoisotopic (exact) mass is 263 g/mol. The molecule has 1 aliphatic rings. The minimum atomic E-state index is -0.846. The van der Waals surface area contributed by atoms with Crippen molar-refractivity contribution in [3.8, 4) is 11.3 Å². The summed E-state index contributed by atoms with van der Waals surface area (Å²) >= 11 is 0. The van der Waals surface area contributed by atoms with Crippen molar-refractivity contribution in [2.24, 2.45) is 0 Å². The van der Waals surface area contributed by atoms with E-state index in [4.69, 9.17) is 0 Å². The number of H-pyrrole nitrogens is 1. The summed E-state index contributed by atoms with van der Waals surface area (Å²) < 4.78 is 26.1. The summed E-state index contributed by atoms with van der Waals surface area (Å²) in [6.45, 7) is 1.99. The summed E-state index contributed by atoms with van der Waals surface area (Å²) in [5.41, 5.74) is 2.29. The molecule has 0 amide bonds. The second kappa shape index (κ2) is 5.09. The lowest BCUT2D eigenvalue weighted by Gasteiger charge is -2.21. The van der Waals surface area contributed by atoms with E-state index in [1.807, 2.05) is 6.07 Å². The number of nitrogens with zero attached hydrogens (tertiary/aromatic N) is 1. The maximum atomic E-state index is 13.2. The van der Waals surface area contributed by atoms with E-state index in [1.165, 1.54) is 12.1 Å². The van der Waals surface area contributed by atoms with Crippen LogP contribution in [0.4, 0.5) is 8.78 Å². The van der Waals surface area contributed by atoms with Gasteiger partial charge in [0.25, 0.3) is 0 Å². The number of halogens is 2. The fourth-order valence-corrected chi connectivity index (χ4v) is 2.47. The molecule has 1 aromatic carbocycles. The van der Waals surface area contributed by atoms with E-state index in [0.29, 0.717) is 17.2 Å². The van der Waals surface area contributed by atoms with Gasteiger partial charge in [-0.3, -0.25) is 5.10 Å². The van der Waals surface area contributed by atoms with Crippen LogP contribution >= 0.6 is 0 Å². The average molecular weight is 263 g/mol. The summed E-state index contributed by atoms with van der Waals surface area (Å²) in [5, 5.41) is 10.5. The van der Waals surface area contributed by atoms with Crippen LogP contribution in [0.15, 0.2) is 24.3 Å². The van der Waals surface area contributed by atoms with Crippen LogP contribution < -0.4 is 5.32 Å². The molecule has 3 nitrogen and oxygen atoms in total. The minimum Gasteiger partial charge on any atom is -0.316 e. The quantitative estimate of drug-likeness (QED) is 0.874. The second-order valence-electron chi connectivity index (χ2n) is 4.88. The third-order valence-corrected chi connectivity index (χ3v) is 3.55. The van der Waals surface area contributed by atoms with Crippen molar-refractivity contribution >= 4 is 0 Å². The number of rotatable bonds is 2. The number of hydrogen-bond donors (Lipinski definition) is 2. The van der Waals surface area contributed by atoms with Crippen molar-refractivity contribution in [1.29, 1.82) is 0 Å². The zero-order valence-electron chi connectivity index (χ0n) is 10.4. The predicted molar refractivity (Wildman–Crippen MR) is 68.8 cm³/mol. The molecule has 5 heteroatoms. The van der Waals surface area contributed by atoms with Gasteiger partial charge in [-0.1, -0.05) is 0 Å². The highest BCUT2D eigenvalue weighted by Gasteiger charge is 2.18. The molecular formula is C14H15F2N3. The van der Waals surface area contributed by atoms with Crippen molar-refractivity contribution in [2.45, 2.75) is 18.8 Å². The van der Waals surface area contributed by atoms with Gasteiger partial charge in [0.2, 0.25) is 0 Å². The molecule has 100 valence electrons. The van der Waals surface area contributed by atoms with Crippen LogP contribution in [0, 0.1) is 11.6 Å². The van der Waals surface area contributed by atoms with Gasteiger partial charge in [-0.25, -0.2) is 8.78 Å². The standard InChI is InChI=1S/C14H15F2N3/c15-11-4-3-9(6-12(11)16)13-7-14(19-18-13)10-2-1-5-17-8-10/h3-4,6-7,10,17H,1-2,5,8H2,(H,18,19). The van der Waals surface area contributed by atoms with Crippen molar-refractivity contribution in [2.75, 3.05) is 13.1 Å². The summed E-state index contributed by atoms with van der Waals surface area (Å²) in [7, 11) is 0. The van der Waals surface area contributed by atoms with E-state index < -0.39 is 11.6 Å². The first kappa shape index (κ1) is 12.3. The Kier molecular flexibility index (Phi) is 3.29. The molecule has 0 spiro atoms. The van der Waals surface area contributed by atoms with Gasteiger partial charge in [0.1, 0.15) is 0 Å². The normalized spacial score (nSPS) is 19.6. The molecule has 1 unspecified atom stereocenters. The van der Waals surface area contributed by atoms with Crippen molar-refractivity contribution in [1.82, 2.24) is 15.5 Å². The Morgan fingerprint density at radius 2 is 2.05 bits per heavy atom. The average Bonchev–Trinajstić information content (AvgIpc) is 2.93. The fraction of sp³-hybridized carbons (Fsp3) is 0.357. The Labute approximate surface area is 110 Å². The lowest BCUT2D eigenvalue weighted by atomic mass is 9.96. The molecule has 0 radical (unpaired) electrons. The molecule has 2 heterocycles. The molecule has 3 rings (SSSR count). The third-order valence-electron chi connectivity index (χ3n) is 3.55. The van der Waals surface area contributed by atoms with Gasteiger partial charge in [-0.2, -0.15) is 5.10 Å². The van der Waals surface area contributed by atoms with Crippen LogP contribution in [0.2, 0.25) is 0 Å². The van der Waals surface area contributed by atoms with Gasteiger partial charge >= 0.3 is 0 Å². The summed E-state index contributed by atoms with van der Waals surface area (Å²) in [6, 6.07) is 5.76. The van der Waals surface area contributed by atoms with Gasteiger partial charge in [-0.15, -0.1) is 0 Å². The van der Waals surface area contributed by atoms with Crippen molar-refractivity contribution in [3.63, 3.8) is 0 Å². The van der Waals surface area contributed by atoms with Gasteiger partial charge in [0.05, 0.1) is 5.69 Å². The molecule has 19 heavy (non-hydrogen) atoms. The van der Waals surface area contributed by atoms with E-state index in [2.05, 4.69) is 15.5 Å². The number of piperidine rings is 1. The van der Waals surface area contributed by atoms with E-state index >= 15 is 0 Å². The largest absolute Gasteiger partial charge is 0.316 e. The highest BCUT2D eigenvalue weighted by atomic mass is 19.2. The molecule has 0 saturated carbocycles. The molecule has 1 aromatic heterocycles. The SMILES string of the molecule is Fc1ccc(-c2cc(C3CCCNC3)[nH]n2)cc1F. The van der Waals surface area contributed by atoms with Gasteiger partial charge in [0.15, 0.2) is 11.6 Å². The lowest BCUT2D eigenvalue weighted by molar-refractivity contribution is 0.454. The maximum Gasteiger partial charge on any atom is 0.159 e. The van der Waals surface area contributed by atoms with Crippen LogP contribution in [0.5, 0.6) is 0 Å². The Morgan fingerprint density at radius 1 is 1.16 bits per heavy atom. The first-order chi connectivity index (χ1) is 9.24. The second-order valence-corrected chi connectivity index (χ2v) is 4.88. The molecular weight excluding hydrogens is 248 g/mol. The van der Waals surface area contributed by atoms with E-state index in [9.17, 15) is 8.78 Å². The Balaban J connectivity index is 1.85. The van der Waals surface area contributed by atoms with Gasteiger partial charge in [0, 0.05) is 23.7 Å². The topological polar surface area (TPSA) is 40.7 Å². The number of hydrogen-bond acceptors (Lipinski definition) is 2. The first-order valence-electron chi connectivity index (χ1n) is 6.45. The fourth-order valence-electron chi connectivity index (χ4n) is 2.47. The van der Waals surface area contributed by atoms with Crippen LogP contribution in [-0.4, -0.2) is 23.3 Å². The van der Waals surface area contributed by atoms with Crippen LogP contribution in [0.3, 0.4) is 0 Å². The highest BCUT2D eigenvalue weighted by Crippen LogP contribution is 2.26. The highest BCUT2D eigenvalue weighted by molar-refractivity contribution is 5.59. The zero-order valence-corrected chi connectivity index (χ0v) is 10.4. The van der Waals surface area contributed by atoms with E-state index in [1.54, 1.807) is 0 Å². The van der Waals surface area contributed by atoms with E-state index in [0.717, 1.165) is 37.7 Å². The Hall–Kier alpha value is -1.75. The third kappa shape index (κ3) is 2.51. The van der Waals surface area contributed by atoms with Crippen LogP contribution in [0.25, 0.3) is 11.3 Å². The molecule has 1 aliphatic heterocycles. The zero-order chi connectivity index (χ0) is 13.2. The van der Waals surface area contributed by atoms with Crippen LogP contribution in [0.1, 0.15) is 24.5 Å². The molecule has 1 fully saturated rings.